The molecule has 0 aliphatic heterocycles. The van der Waals surface area contributed by atoms with Crippen LogP contribution in [0.1, 0.15) is 18.4 Å². The summed E-state index contributed by atoms with van der Waals surface area (Å²) in [5.41, 5.74) is 0.224. The maximum atomic E-state index is 13.1. The normalized spacial score (nSPS) is 15.7. The Balaban J connectivity index is 1.96. The molecule has 0 radical (unpaired) electrons. The summed E-state index contributed by atoms with van der Waals surface area (Å²) in [5, 5.41) is 3.18. The van der Waals surface area contributed by atoms with Gasteiger partial charge in [0.05, 0.1) is 0 Å². The number of hydrogen-bond donors (Lipinski definition) is 1. The van der Waals surface area contributed by atoms with Crippen molar-refractivity contribution in [2.75, 3.05) is 6.54 Å². The average Bonchev–Trinajstić information content (AvgIpc) is 2.97. The largest absolute Gasteiger partial charge is 0.314 e. The molecule has 0 aromatic heterocycles. The zero-order valence-corrected chi connectivity index (χ0v) is 8.19. The molecule has 4 heteroatoms. The van der Waals surface area contributed by atoms with Gasteiger partial charge in [-0.1, -0.05) is 0 Å². The van der Waals surface area contributed by atoms with Gasteiger partial charge in [0.2, 0.25) is 0 Å². The van der Waals surface area contributed by atoms with Crippen LogP contribution in [-0.4, -0.2) is 12.6 Å². The van der Waals surface area contributed by atoms with E-state index in [0.29, 0.717) is 25.1 Å². The van der Waals surface area contributed by atoms with Crippen LogP contribution in [-0.2, 0) is 6.42 Å². The Morgan fingerprint density at radius 3 is 2.40 bits per heavy atom. The molecule has 0 spiro atoms. The maximum Gasteiger partial charge on any atom is 0.161 e. The summed E-state index contributed by atoms with van der Waals surface area (Å²) in [4.78, 5) is 0. The molecule has 0 atom stereocenters. The van der Waals surface area contributed by atoms with Crippen LogP contribution < -0.4 is 5.32 Å². The van der Waals surface area contributed by atoms with Crippen molar-refractivity contribution in [2.24, 2.45) is 0 Å². The zero-order valence-electron chi connectivity index (χ0n) is 8.19. The van der Waals surface area contributed by atoms with Crippen molar-refractivity contribution in [1.29, 1.82) is 0 Å². The second-order valence-electron chi connectivity index (χ2n) is 3.84. The fourth-order valence-electron chi connectivity index (χ4n) is 1.45. The standard InChI is InChI=1S/C11H12F3N/c12-9-6-11(14)10(13)5-7(9)3-4-15-8-1-2-8/h5-6,8,15H,1-4H2. The Morgan fingerprint density at radius 2 is 1.73 bits per heavy atom. The van der Waals surface area contributed by atoms with Crippen LogP contribution >= 0.6 is 0 Å². The highest BCUT2D eigenvalue weighted by molar-refractivity contribution is 5.20. The topological polar surface area (TPSA) is 12.0 Å². The van der Waals surface area contributed by atoms with Crippen molar-refractivity contribution >= 4 is 0 Å². The van der Waals surface area contributed by atoms with E-state index in [4.69, 9.17) is 0 Å². The van der Waals surface area contributed by atoms with Crippen molar-refractivity contribution in [1.82, 2.24) is 5.32 Å². The molecule has 0 heterocycles. The lowest BCUT2D eigenvalue weighted by Gasteiger charge is -2.05. The molecule has 82 valence electrons. The van der Waals surface area contributed by atoms with Crippen LogP contribution in [0.25, 0.3) is 0 Å². The molecular weight excluding hydrogens is 203 g/mol. The molecule has 1 saturated carbocycles. The third-order valence-corrected chi connectivity index (χ3v) is 2.49. The Hall–Kier alpha value is -1.03. The lowest BCUT2D eigenvalue weighted by Crippen LogP contribution is -2.19. The molecular formula is C11H12F3N. The summed E-state index contributed by atoms with van der Waals surface area (Å²) in [6.07, 6.45) is 2.69. The van der Waals surface area contributed by atoms with Crippen LogP contribution in [0.3, 0.4) is 0 Å². The molecule has 1 N–H and O–H groups in total. The summed E-state index contributed by atoms with van der Waals surface area (Å²) in [5.74, 6) is -2.80. The molecule has 1 aromatic carbocycles. The van der Waals surface area contributed by atoms with E-state index in [9.17, 15) is 13.2 Å². The van der Waals surface area contributed by atoms with Gasteiger partial charge in [-0.25, -0.2) is 13.2 Å². The van der Waals surface area contributed by atoms with Crippen molar-refractivity contribution in [2.45, 2.75) is 25.3 Å². The zero-order chi connectivity index (χ0) is 10.8. The number of nitrogens with one attached hydrogen (secondary N) is 1. The molecule has 0 unspecified atom stereocenters. The molecule has 2 rings (SSSR count). The number of benzene rings is 1. The predicted molar refractivity (Wildman–Crippen MR) is 51.0 cm³/mol. The van der Waals surface area contributed by atoms with Gasteiger partial charge in [-0.05, 0) is 37.4 Å². The van der Waals surface area contributed by atoms with Crippen LogP contribution in [0.2, 0.25) is 0 Å². The second-order valence-corrected chi connectivity index (χ2v) is 3.84. The molecule has 0 bridgehead atoms. The van der Waals surface area contributed by atoms with Gasteiger partial charge in [0, 0.05) is 12.1 Å². The molecule has 15 heavy (non-hydrogen) atoms. The van der Waals surface area contributed by atoms with E-state index < -0.39 is 17.5 Å². The van der Waals surface area contributed by atoms with Gasteiger partial charge in [0.1, 0.15) is 5.82 Å². The SMILES string of the molecule is Fc1cc(F)c(CCNC2CC2)cc1F. The minimum atomic E-state index is -1.13. The van der Waals surface area contributed by atoms with Crippen LogP contribution in [0, 0.1) is 17.5 Å². The average molecular weight is 215 g/mol. The molecule has 1 fully saturated rings. The van der Waals surface area contributed by atoms with E-state index in [1.54, 1.807) is 0 Å². The molecule has 1 nitrogen and oxygen atoms in total. The van der Waals surface area contributed by atoms with Gasteiger partial charge in [-0.2, -0.15) is 0 Å². The number of halogens is 3. The highest BCUT2D eigenvalue weighted by atomic mass is 19.2. The molecule has 0 saturated heterocycles. The van der Waals surface area contributed by atoms with Crippen molar-refractivity contribution in [3.05, 3.63) is 35.1 Å². The quantitative estimate of drug-likeness (QED) is 0.760. The van der Waals surface area contributed by atoms with Gasteiger partial charge in [0.15, 0.2) is 11.6 Å². The van der Waals surface area contributed by atoms with Crippen molar-refractivity contribution < 1.29 is 13.2 Å². The fourth-order valence-corrected chi connectivity index (χ4v) is 1.45. The fraction of sp³-hybridized carbons (Fsp3) is 0.455. The van der Waals surface area contributed by atoms with E-state index in [1.807, 2.05) is 0 Å². The number of rotatable bonds is 4. The first-order valence-corrected chi connectivity index (χ1v) is 5.03. The highest BCUT2D eigenvalue weighted by Crippen LogP contribution is 2.19. The van der Waals surface area contributed by atoms with E-state index in [1.165, 1.54) is 0 Å². The molecule has 1 aliphatic rings. The van der Waals surface area contributed by atoms with Crippen LogP contribution in [0.15, 0.2) is 12.1 Å². The second kappa shape index (κ2) is 4.23. The summed E-state index contributed by atoms with van der Waals surface area (Å²) in [7, 11) is 0. The first-order chi connectivity index (χ1) is 7.16. The monoisotopic (exact) mass is 215 g/mol. The van der Waals surface area contributed by atoms with E-state index >= 15 is 0 Å². The summed E-state index contributed by atoms with van der Waals surface area (Å²) >= 11 is 0. The number of hydrogen-bond acceptors (Lipinski definition) is 1. The third-order valence-electron chi connectivity index (χ3n) is 2.49. The minimum absolute atomic E-state index is 0.224. The van der Waals surface area contributed by atoms with Gasteiger partial charge in [-0.3, -0.25) is 0 Å². The van der Waals surface area contributed by atoms with Gasteiger partial charge in [-0.15, -0.1) is 0 Å². The third kappa shape index (κ3) is 2.72. The summed E-state index contributed by atoms with van der Waals surface area (Å²) < 4.78 is 38.5. The molecule has 1 aromatic rings. The van der Waals surface area contributed by atoms with E-state index in [-0.39, 0.29) is 5.56 Å². The predicted octanol–water partition coefficient (Wildman–Crippen LogP) is 2.40. The van der Waals surface area contributed by atoms with E-state index in [0.717, 1.165) is 18.9 Å². The lowest BCUT2D eigenvalue weighted by atomic mass is 10.1. The van der Waals surface area contributed by atoms with Crippen molar-refractivity contribution in [3.8, 4) is 0 Å². The van der Waals surface area contributed by atoms with Crippen LogP contribution in [0.5, 0.6) is 0 Å². The van der Waals surface area contributed by atoms with Gasteiger partial charge < -0.3 is 5.32 Å². The van der Waals surface area contributed by atoms with Gasteiger partial charge in [0.25, 0.3) is 0 Å². The lowest BCUT2D eigenvalue weighted by molar-refractivity contribution is 0.489. The Morgan fingerprint density at radius 1 is 1.07 bits per heavy atom. The summed E-state index contributed by atoms with van der Waals surface area (Å²) in [6, 6.07) is 2.07. The first kappa shape index (κ1) is 10.5. The first-order valence-electron chi connectivity index (χ1n) is 5.03. The Labute approximate surface area is 86.3 Å². The minimum Gasteiger partial charge on any atom is -0.314 e. The summed E-state index contributed by atoms with van der Waals surface area (Å²) in [6.45, 7) is 0.604. The Kier molecular flexibility index (Phi) is 2.95. The van der Waals surface area contributed by atoms with Crippen molar-refractivity contribution in [3.63, 3.8) is 0 Å². The maximum absolute atomic E-state index is 13.1. The highest BCUT2D eigenvalue weighted by Gasteiger charge is 2.20. The molecule has 1 aliphatic carbocycles. The smallest absolute Gasteiger partial charge is 0.161 e. The van der Waals surface area contributed by atoms with Crippen LogP contribution in [0.4, 0.5) is 13.2 Å². The van der Waals surface area contributed by atoms with Gasteiger partial charge >= 0.3 is 0 Å². The van der Waals surface area contributed by atoms with E-state index in [2.05, 4.69) is 5.32 Å². The molecule has 0 amide bonds. The Bertz CT molecular complexity index is 361.